The van der Waals surface area contributed by atoms with Crippen LogP contribution in [0.3, 0.4) is 0 Å². The van der Waals surface area contributed by atoms with Crippen LogP contribution in [0.15, 0.2) is 45.3 Å². The highest BCUT2D eigenvalue weighted by Crippen LogP contribution is 2.31. The Bertz CT molecular complexity index is 851. The Morgan fingerprint density at radius 2 is 1.95 bits per heavy atom. The number of nitrogens with one attached hydrogen (secondary N) is 1. The van der Waals surface area contributed by atoms with E-state index >= 15 is 0 Å². The van der Waals surface area contributed by atoms with Crippen LogP contribution in [0.2, 0.25) is 5.15 Å². The van der Waals surface area contributed by atoms with E-state index in [2.05, 4.69) is 20.2 Å². The maximum atomic E-state index is 11.4. The molecule has 3 rings (SSSR count). The van der Waals surface area contributed by atoms with E-state index in [9.17, 15) is 4.79 Å². The van der Waals surface area contributed by atoms with Gasteiger partial charge in [0, 0.05) is 16.8 Å². The molecule has 0 spiro atoms. The fourth-order valence-electron chi connectivity index (χ4n) is 1.72. The average Bonchev–Trinajstić information content (AvgIpc) is 2.41. The van der Waals surface area contributed by atoms with E-state index in [1.54, 1.807) is 0 Å². The van der Waals surface area contributed by atoms with Gasteiger partial charge in [0.05, 0.1) is 0 Å². The number of H-pyrrole nitrogens is 1. The molecule has 2 aromatic heterocycles. The van der Waals surface area contributed by atoms with Gasteiger partial charge in [-0.25, -0.2) is 4.98 Å². The van der Waals surface area contributed by atoms with E-state index in [4.69, 9.17) is 17.3 Å². The van der Waals surface area contributed by atoms with E-state index in [-0.39, 0.29) is 11.4 Å². The van der Waals surface area contributed by atoms with Gasteiger partial charge in [0.15, 0.2) is 10.3 Å². The summed E-state index contributed by atoms with van der Waals surface area (Å²) in [7, 11) is 0. The van der Waals surface area contributed by atoms with Gasteiger partial charge in [-0.1, -0.05) is 35.9 Å². The largest absolute Gasteiger partial charge is 0.383 e. The quantitative estimate of drug-likeness (QED) is 0.704. The molecule has 0 amide bonds. The molecule has 3 N–H and O–H groups in total. The van der Waals surface area contributed by atoms with Crippen LogP contribution in [-0.4, -0.2) is 20.2 Å². The summed E-state index contributed by atoms with van der Waals surface area (Å²) in [6, 6.07) is 8.69. The summed E-state index contributed by atoms with van der Waals surface area (Å²) in [5.74, 6) is 0.155. The number of hydrogen-bond acceptors (Lipinski definition) is 6. The Balaban J connectivity index is 2.11. The van der Waals surface area contributed by atoms with Crippen LogP contribution < -0.4 is 11.3 Å². The van der Waals surface area contributed by atoms with Crippen molar-refractivity contribution >= 4 is 40.0 Å². The maximum absolute atomic E-state index is 11.4. The molecule has 0 aliphatic carbocycles. The minimum Gasteiger partial charge on any atom is -0.383 e. The van der Waals surface area contributed by atoms with Crippen LogP contribution in [0.25, 0.3) is 10.8 Å². The molecule has 100 valence electrons. The first-order valence-electron chi connectivity index (χ1n) is 5.59. The fraction of sp³-hybridized carbons (Fsp3) is 0. The molecule has 1 aromatic carbocycles. The number of nitrogens with zero attached hydrogens (tertiary/aromatic N) is 3. The third-order valence-electron chi connectivity index (χ3n) is 2.54. The summed E-state index contributed by atoms with van der Waals surface area (Å²) in [4.78, 5) is 18.0. The molecule has 0 saturated heterocycles. The van der Waals surface area contributed by atoms with Crippen LogP contribution >= 0.6 is 23.4 Å². The van der Waals surface area contributed by atoms with Crippen molar-refractivity contribution in [2.24, 2.45) is 0 Å². The van der Waals surface area contributed by atoms with Gasteiger partial charge in [-0.3, -0.25) is 4.79 Å². The zero-order valence-electron chi connectivity index (χ0n) is 10.0. The minimum absolute atomic E-state index is 0.155. The molecular formula is C12H8ClN5OS. The molecule has 0 bridgehead atoms. The Morgan fingerprint density at radius 3 is 2.70 bits per heavy atom. The molecular weight excluding hydrogens is 298 g/mol. The Labute approximate surface area is 122 Å². The minimum atomic E-state index is -0.314. The highest BCUT2D eigenvalue weighted by molar-refractivity contribution is 7.99. The molecule has 0 radical (unpaired) electrons. The number of hydrogen-bond donors (Lipinski definition) is 2. The van der Waals surface area contributed by atoms with Crippen molar-refractivity contribution in [3.63, 3.8) is 0 Å². The summed E-state index contributed by atoms with van der Waals surface area (Å²) in [5, 5.41) is 10.8. The zero-order chi connectivity index (χ0) is 14.1. The summed E-state index contributed by atoms with van der Waals surface area (Å²) in [6.45, 7) is 0. The van der Waals surface area contributed by atoms with Gasteiger partial charge < -0.3 is 10.7 Å². The Kier molecular flexibility index (Phi) is 3.29. The van der Waals surface area contributed by atoms with Crippen molar-refractivity contribution in [1.29, 1.82) is 0 Å². The number of aromatic amines is 1. The van der Waals surface area contributed by atoms with E-state index in [1.165, 1.54) is 17.8 Å². The lowest BCUT2D eigenvalue weighted by Gasteiger charge is -2.05. The normalized spacial score (nSPS) is 10.8. The van der Waals surface area contributed by atoms with Crippen LogP contribution in [0, 0.1) is 0 Å². The molecule has 20 heavy (non-hydrogen) atoms. The molecule has 3 aromatic rings. The lowest BCUT2D eigenvalue weighted by molar-refractivity contribution is 0.921. The van der Waals surface area contributed by atoms with Gasteiger partial charge in [0.1, 0.15) is 10.8 Å². The Morgan fingerprint density at radius 1 is 1.20 bits per heavy atom. The number of aromatic nitrogens is 4. The predicted molar refractivity (Wildman–Crippen MR) is 77.9 cm³/mol. The molecule has 2 heterocycles. The van der Waals surface area contributed by atoms with E-state index in [1.807, 2.05) is 24.3 Å². The summed E-state index contributed by atoms with van der Waals surface area (Å²) in [6.07, 6.45) is 0. The van der Waals surface area contributed by atoms with Gasteiger partial charge in [-0.2, -0.15) is 0 Å². The second kappa shape index (κ2) is 5.10. The third kappa shape index (κ3) is 2.45. The summed E-state index contributed by atoms with van der Waals surface area (Å²) < 4.78 is 0. The molecule has 0 aliphatic heterocycles. The van der Waals surface area contributed by atoms with Gasteiger partial charge in [-0.15, -0.1) is 10.2 Å². The smallest absolute Gasteiger partial charge is 0.253 e. The van der Waals surface area contributed by atoms with Crippen LogP contribution in [0.4, 0.5) is 5.82 Å². The number of nitrogens with two attached hydrogens (primary N) is 1. The van der Waals surface area contributed by atoms with E-state index < -0.39 is 0 Å². The van der Waals surface area contributed by atoms with Crippen molar-refractivity contribution in [3.8, 4) is 0 Å². The number of halogens is 1. The standard InChI is InChI=1S/C12H8ClN5OS/c13-10-6-3-1-2-4-7(6)11(18-17-10)20-12-15-8(14)5-9(19)16-12/h1-5H,(H3,14,15,16,19). The van der Waals surface area contributed by atoms with Crippen molar-refractivity contribution in [3.05, 3.63) is 45.8 Å². The topological polar surface area (TPSA) is 97.6 Å². The van der Waals surface area contributed by atoms with Crippen molar-refractivity contribution < 1.29 is 0 Å². The van der Waals surface area contributed by atoms with Gasteiger partial charge >= 0.3 is 0 Å². The van der Waals surface area contributed by atoms with Crippen molar-refractivity contribution in [1.82, 2.24) is 20.2 Å². The van der Waals surface area contributed by atoms with Gasteiger partial charge in [0.25, 0.3) is 5.56 Å². The lowest BCUT2D eigenvalue weighted by atomic mass is 10.2. The van der Waals surface area contributed by atoms with Crippen LogP contribution in [0.1, 0.15) is 0 Å². The third-order valence-corrected chi connectivity index (χ3v) is 3.70. The molecule has 0 atom stereocenters. The summed E-state index contributed by atoms with van der Waals surface area (Å²) in [5.41, 5.74) is 5.23. The lowest BCUT2D eigenvalue weighted by Crippen LogP contribution is -2.09. The Hall–Kier alpha value is -2.12. The zero-order valence-corrected chi connectivity index (χ0v) is 11.6. The van der Waals surface area contributed by atoms with Crippen LogP contribution in [0.5, 0.6) is 0 Å². The predicted octanol–water partition coefficient (Wildman–Crippen LogP) is 2.10. The first-order valence-corrected chi connectivity index (χ1v) is 6.78. The summed E-state index contributed by atoms with van der Waals surface area (Å²) >= 11 is 7.18. The molecule has 8 heteroatoms. The first kappa shape index (κ1) is 12.9. The fourth-order valence-corrected chi connectivity index (χ4v) is 2.77. The van der Waals surface area contributed by atoms with E-state index in [0.717, 1.165) is 10.8 Å². The second-order valence-corrected chi connectivity index (χ2v) is 5.25. The van der Waals surface area contributed by atoms with Crippen LogP contribution in [-0.2, 0) is 0 Å². The molecule has 6 nitrogen and oxygen atoms in total. The maximum Gasteiger partial charge on any atom is 0.253 e. The number of nitrogen functional groups attached to an aromatic ring is 1. The molecule has 0 fully saturated rings. The van der Waals surface area contributed by atoms with Gasteiger partial charge in [0.2, 0.25) is 0 Å². The number of fused-ring (bicyclic) bond motifs is 1. The SMILES string of the molecule is Nc1cc(=O)[nH]c(Sc2nnc(Cl)c3ccccc23)n1. The number of rotatable bonds is 2. The monoisotopic (exact) mass is 305 g/mol. The molecule has 0 unspecified atom stereocenters. The van der Waals surface area contributed by atoms with E-state index in [0.29, 0.717) is 15.3 Å². The molecule has 0 saturated carbocycles. The second-order valence-electron chi connectivity index (χ2n) is 3.92. The van der Waals surface area contributed by atoms with Gasteiger partial charge in [-0.05, 0) is 11.8 Å². The molecule has 0 aliphatic rings. The number of anilines is 1. The highest BCUT2D eigenvalue weighted by Gasteiger charge is 2.10. The number of benzene rings is 1. The average molecular weight is 306 g/mol. The van der Waals surface area contributed by atoms with Crippen molar-refractivity contribution in [2.45, 2.75) is 10.2 Å². The van der Waals surface area contributed by atoms with Crippen molar-refractivity contribution in [2.75, 3.05) is 5.73 Å². The highest BCUT2D eigenvalue weighted by atomic mass is 35.5. The first-order chi connectivity index (χ1) is 9.63.